The van der Waals surface area contributed by atoms with E-state index in [9.17, 15) is 5.11 Å². The van der Waals surface area contributed by atoms with Crippen LogP contribution >= 0.6 is 0 Å². The second kappa shape index (κ2) is 9.30. The van der Waals surface area contributed by atoms with Gasteiger partial charge in [-0.3, -0.25) is 0 Å². The molecule has 0 heterocycles. The molecule has 0 fully saturated rings. The summed E-state index contributed by atoms with van der Waals surface area (Å²) in [7, 11) is 3.29. The van der Waals surface area contributed by atoms with E-state index in [0.29, 0.717) is 0 Å². The van der Waals surface area contributed by atoms with Crippen LogP contribution in [-0.2, 0) is 0 Å². The van der Waals surface area contributed by atoms with E-state index in [1.165, 1.54) is 0 Å². The fourth-order valence-corrected chi connectivity index (χ4v) is 2.65. The molecule has 24 heavy (non-hydrogen) atoms. The Bertz CT molecular complexity index is 595. The molecule has 0 bridgehead atoms. The number of methoxy groups -OCH3 is 2. The molecule has 0 aliphatic heterocycles. The van der Waals surface area contributed by atoms with Gasteiger partial charge in [0.25, 0.3) is 0 Å². The van der Waals surface area contributed by atoms with Crippen LogP contribution in [0, 0.1) is 0 Å². The van der Waals surface area contributed by atoms with Gasteiger partial charge in [-0.1, -0.05) is 37.6 Å². The van der Waals surface area contributed by atoms with Crippen LogP contribution in [0.15, 0.2) is 48.5 Å². The molecule has 2 N–H and O–H groups in total. The van der Waals surface area contributed by atoms with Gasteiger partial charge in [-0.15, -0.1) is 0 Å². The summed E-state index contributed by atoms with van der Waals surface area (Å²) in [6.45, 7) is 3.02. The van der Waals surface area contributed by atoms with Gasteiger partial charge in [0, 0.05) is 0 Å². The number of hydrogen-bond acceptors (Lipinski definition) is 4. The lowest BCUT2D eigenvalue weighted by Crippen LogP contribution is -2.28. The molecule has 0 amide bonds. The number of hydrogen-bond donors (Lipinski definition) is 2. The van der Waals surface area contributed by atoms with Crippen molar-refractivity contribution in [1.29, 1.82) is 0 Å². The third kappa shape index (κ3) is 4.73. The Morgan fingerprint density at radius 2 is 1.38 bits per heavy atom. The Kier molecular flexibility index (Phi) is 7.09. The van der Waals surface area contributed by atoms with Crippen molar-refractivity contribution in [3.05, 3.63) is 59.7 Å². The standard InChI is InChI=1S/C20H27NO3/c1-4-5-14-21-19(15-6-10-17(23-2)11-7-15)20(22)16-8-12-18(24-3)13-9-16/h6-13,19-22H,4-5,14H2,1-3H3/t19-,20+/m1/s1. The highest BCUT2D eigenvalue weighted by Gasteiger charge is 2.22. The van der Waals surface area contributed by atoms with Crippen molar-refractivity contribution in [3.8, 4) is 11.5 Å². The Labute approximate surface area is 144 Å². The summed E-state index contributed by atoms with van der Waals surface area (Å²) in [5.41, 5.74) is 1.90. The summed E-state index contributed by atoms with van der Waals surface area (Å²) in [6, 6.07) is 15.2. The molecule has 130 valence electrons. The molecule has 4 nitrogen and oxygen atoms in total. The van der Waals surface area contributed by atoms with Crippen LogP contribution < -0.4 is 14.8 Å². The Hall–Kier alpha value is -2.04. The molecule has 0 unspecified atom stereocenters. The van der Waals surface area contributed by atoms with Gasteiger partial charge in [0.2, 0.25) is 0 Å². The van der Waals surface area contributed by atoms with Crippen LogP contribution in [0.1, 0.15) is 43.0 Å². The number of aliphatic hydroxyl groups excluding tert-OH is 1. The van der Waals surface area contributed by atoms with E-state index in [1.54, 1.807) is 14.2 Å². The van der Waals surface area contributed by atoms with Gasteiger partial charge in [0.05, 0.1) is 26.4 Å². The lowest BCUT2D eigenvalue weighted by molar-refractivity contribution is 0.128. The predicted molar refractivity (Wildman–Crippen MR) is 96.6 cm³/mol. The third-order valence-electron chi connectivity index (χ3n) is 4.14. The molecule has 0 saturated carbocycles. The van der Waals surface area contributed by atoms with E-state index in [0.717, 1.165) is 42.0 Å². The zero-order valence-electron chi connectivity index (χ0n) is 14.7. The van der Waals surface area contributed by atoms with Crippen molar-refractivity contribution in [2.75, 3.05) is 20.8 Å². The smallest absolute Gasteiger partial charge is 0.118 e. The van der Waals surface area contributed by atoms with Crippen LogP contribution in [0.5, 0.6) is 11.5 Å². The average Bonchev–Trinajstić information content (AvgIpc) is 2.65. The number of rotatable bonds is 9. The lowest BCUT2D eigenvalue weighted by Gasteiger charge is -2.25. The van der Waals surface area contributed by atoms with Crippen LogP contribution in [0.25, 0.3) is 0 Å². The van der Waals surface area contributed by atoms with E-state index in [1.807, 2.05) is 48.5 Å². The Balaban J connectivity index is 2.21. The summed E-state index contributed by atoms with van der Waals surface area (Å²) in [6.07, 6.45) is 1.55. The van der Waals surface area contributed by atoms with Gasteiger partial charge in [-0.25, -0.2) is 0 Å². The summed E-state index contributed by atoms with van der Waals surface area (Å²) in [5.74, 6) is 1.59. The molecule has 0 aliphatic carbocycles. The van der Waals surface area contributed by atoms with Crippen LogP contribution in [-0.4, -0.2) is 25.9 Å². The quantitative estimate of drug-likeness (QED) is 0.686. The molecule has 0 aliphatic rings. The second-order valence-electron chi connectivity index (χ2n) is 5.78. The van der Waals surface area contributed by atoms with Crippen LogP contribution in [0.3, 0.4) is 0 Å². The third-order valence-corrected chi connectivity index (χ3v) is 4.14. The first-order valence-corrected chi connectivity index (χ1v) is 8.39. The largest absolute Gasteiger partial charge is 0.497 e. The van der Waals surface area contributed by atoms with Crippen molar-refractivity contribution >= 4 is 0 Å². The molecule has 0 radical (unpaired) electrons. The Morgan fingerprint density at radius 1 is 0.875 bits per heavy atom. The summed E-state index contributed by atoms with van der Waals surface area (Å²) >= 11 is 0. The first-order chi connectivity index (χ1) is 11.7. The minimum atomic E-state index is -0.638. The molecule has 0 spiro atoms. The predicted octanol–water partition coefficient (Wildman–Crippen LogP) is 3.87. The molecular formula is C20H27NO3. The minimum absolute atomic E-state index is 0.171. The maximum atomic E-state index is 10.9. The van der Waals surface area contributed by atoms with Gasteiger partial charge in [-0.05, 0) is 48.4 Å². The molecule has 2 rings (SSSR count). The monoisotopic (exact) mass is 329 g/mol. The summed E-state index contributed by atoms with van der Waals surface area (Å²) in [5, 5.41) is 14.4. The number of benzene rings is 2. The zero-order valence-corrected chi connectivity index (χ0v) is 14.7. The van der Waals surface area contributed by atoms with Crippen LogP contribution in [0.4, 0.5) is 0 Å². The van der Waals surface area contributed by atoms with Crippen molar-refractivity contribution in [3.63, 3.8) is 0 Å². The Morgan fingerprint density at radius 3 is 1.83 bits per heavy atom. The summed E-state index contributed by atoms with van der Waals surface area (Å²) < 4.78 is 10.4. The molecule has 2 aromatic carbocycles. The number of ether oxygens (including phenoxy) is 2. The van der Waals surface area contributed by atoms with Gasteiger partial charge in [0.1, 0.15) is 11.5 Å². The zero-order chi connectivity index (χ0) is 17.4. The van der Waals surface area contributed by atoms with Crippen molar-refractivity contribution in [2.24, 2.45) is 0 Å². The van der Waals surface area contributed by atoms with Crippen molar-refractivity contribution in [1.82, 2.24) is 5.32 Å². The summed E-state index contributed by atoms with van der Waals surface area (Å²) in [4.78, 5) is 0. The molecule has 0 saturated heterocycles. The fourth-order valence-electron chi connectivity index (χ4n) is 2.65. The van der Waals surface area contributed by atoms with Crippen molar-refractivity contribution in [2.45, 2.75) is 31.9 Å². The molecule has 4 heteroatoms. The van der Waals surface area contributed by atoms with Gasteiger partial charge >= 0.3 is 0 Å². The first-order valence-electron chi connectivity index (χ1n) is 8.39. The van der Waals surface area contributed by atoms with Gasteiger partial charge < -0.3 is 19.9 Å². The van der Waals surface area contributed by atoms with E-state index < -0.39 is 6.10 Å². The number of nitrogens with one attached hydrogen (secondary N) is 1. The molecule has 0 aromatic heterocycles. The van der Waals surface area contributed by atoms with E-state index in [-0.39, 0.29) is 6.04 Å². The van der Waals surface area contributed by atoms with E-state index >= 15 is 0 Å². The topological polar surface area (TPSA) is 50.7 Å². The normalized spacial score (nSPS) is 13.3. The minimum Gasteiger partial charge on any atom is -0.497 e. The maximum absolute atomic E-state index is 10.9. The highest BCUT2D eigenvalue weighted by molar-refractivity contribution is 5.33. The van der Waals surface area contributed by atoms with Gasteiger partial charge in [-0.2, -0.15) is 0 Å². The number of aliphatic hydroxyl groups is 1. The lowest BCUT2D eigenvalue weighted by atomic mass is 9.95. The highest BCUT2D eigenvalue weighted by atomic mass is 16.5. The maximum Gasteiger partial charge on any atom is 0.118 e. The fraction of sp³-hybridized carbons (Fsp3) is 0.400. The second-order valence-corrected chi connectivity index (χ2v) is 5.78. The highest BCUT2D eigenvalue weighted by Crippen LogP contribution is 2.30. The SMILES string of the molecule is CCCCN[C@H](c1ccc(OC)cc1)[C@@H](O)c1ccc(OC)cc1. The van der Waals surface area contributed by atoms with Crippen LogP contribution in [0.2, 0.25) is 0 Å². The van der Waals surface area contributed by atoms with Gasteiger partial charge in [0.15, 0.2) is 0 Å². The first kappa shape index (κ1) is 18.3. The average molecular weight is 329 g/mol. The van der Waals surface area contributed by atoms with E-state index in [4.69, 9.17) is 9.47 Å². The number of unbranched alkanes of at least 4 members (excludes halogenated alkanes) is 1. The van der Waals surface area contributed by atoms with E-state index in [2.05, 4.69) is 12.2 Å². The van der Waals surface area contributed by atoms with Crippen molar-refractivity contribution < 1.29 is 14.6 Å². The molecule has 2 atom stereocenters. The molecule has 2 aromatic rings. The molecular weight excluding hydrogens is 302 g/mol.